The lowest BCUT2D eigenvalue weighted by Crippen LogP contribution is -2.35. The van der Waals surface area contributed by atoms with Gasteiger partial charge in [-0.05, 0) is 10.8 Å². The molecule has 4 heteroatoms. The first-order valence-corrected chi connectivity index (χ1v) is 6.03. The van der Waals surface area contributed by atoms with E-state index in [1.165, 1.54) is 13.2 Å². The first-order valence-electron chi connectivity index (χ1n) is 6.03. The summed E-state index contributed by atoms with van der Waals surface area (Å²) >= 11 is 0. The molecule has 1 N–H and O–H groups in total. The first kappa shape index (κ1) is 14.7. The van der Waals surface area contributed by atoms with Gasteiger partial charge in [-0.15, -0.1) is 0 Å². The van der Waals surface area contributed by atoms with E-state index in [0.29, 0.717) is 0 Å². The van der Waals surface area contributed by atoms with Gasteiger partial charge in [-0.25, -0.2) is 4.79 Å². The molecule has 0 aliphatic heterocycles. The number of hydrogen-bond donors (Lipinski definition) is 1. The van der Waals surface area contributed by atoms with Crippen LogP contribution in [0.5, 0.6) is 0 Å². The number of methoxy groups -OCH3 is 1. The molecule has 0 bridgehead atoms. The SMILES string of the molecule is COC(=O)/C=C\[C@H]1C(C)(C)[C@]1(C(=O)O)C(C)(C)C. The van der Waals surface area contributed by atoms with Crippen LogP contribution in [0.4, 0.5) is 0 Å². The van der Waals surface area contributed by atoms with Gasteiger partial charge in [0.25, 0.3) is 0 Å². The van der Waals surface area contributed by atoms with Gasteiger partial charge >= 0.3 is 11.9 Å². The minimum atomic E-state index is -0.843. The summed E-state index contributed by atoms with van der Waals surface area (Å²) in [5, 5.41) is 9.62. The third-order valence-electron chi connectivity index (χ3n) is 4.32. The molecule has 102 valence electrons. The maximum atomic E-state index is 11.7. The largest absolute Gasteiger partial charge is 0.481 e. The predicted molar refractivity (Wildman–Crippen MR) is 68.0 cm³/mol. The number of rotatable bonds is 3. The normalized spacial score (nSPS) is 30.2. The van der Waals surface area contributed by atoms with Crippen molar-refractivity contribution in [1.82, 2.24) is 0 Å². The Bertz CT molecular complexity index is 401. The zero-order chi connectivity index (χ0) is 14.4. The van der Waals surface area contributed by atoms with E-state index in [1.54, 1.807) is 6.08 Å². The molecule has 0 spiro atoms. The van der Waals surface area contributed by atoms with Crippen LogP contribution in [0.1, 0.15) is 34.6 Å². The Morgan fingerprint density at radius 1 is 1.28 bits per heavy atom. The van der Waals surface area contributed by atoms with Crippen molar-refractivity contribution in [2.24, 2.45) is 22.2 Å². The van der Waals surface area contributed by atoms with Crippen LogP contribution in [-0.4, -0.2) is 24.2 Å². The molecule has 0 aromatic carbocycles. The van der Waals surface area contributed by atoms with E-state index < -0.39 is 17.4 Å². The fourth-order valence-electron chi connectivity index (χ4n) is 3.59. The molecule has 4 nitrogen and oxygen atoms in total. The van der Waals surface area contributed by atoms with E-state index in [0.717, 1.165) is 0 Å². The summed E-state index contributed by atoms with van der Waals surface area (Å²) in [6.07, 6.45) is 2.99. The topological polar surface area (TPSA) is 63.6 Å². The summed E-state index contributed by atoms with van der Waals surface area (Å²) in [7, 11) is 1.30. The fraction of sp³-hybridized carbons (Fsp3) is 0.714. The zero-order valence-corrected chi connectivity index (χ0v) is 11.9. The highest BCUT2D eigenvalue weighted by Crippen LogP contribution is 2.76. The van der Waals surface area contributed by atoms with Gasteiger partial charge in [0, 0.05) is 12.0 Å². The quantitative estimate of drug-likeness (QED) is 0.621. The van der Waals surface area contributed by atoms with Crippen LogP contribution in [0.3, 0.4) is 0 Å². The Labute approximate surface area is 108 Å². The summed E-state index contributed by atoms with van der Waals surface area (Å²) in [5.41, 5.74) is -1.60. The molecular weight excluding hydrogens is 232 g/mol. The molecule has 1 rings (SSSR count). The summed E-state index contributed by atoms with van der Waals surface area (Å²) in [5.74, 6) is -1.42. The van der Waals surface area contributed by atoms with Crippen LogP contribution in [0.15, 0.2) is 12.2 Å². The predicted octanol–water partition coefficient (Wildman–Crippen LogP) is 2.49. The Morgan fingerprint density at radius 2 is 1.78 bits per heavy atom. The van der Waals surface area contributed by atoms with Gasteiger partial charge in [-0.1, -0.05) is 40.7 Å². The van der Waals surface area contributed by atoms with E-state index in [9.17, 15) is 14.7 Å². The zero-order valence-electron chi connectivity index (χ0n) is 11.9. The van der Waals surface area contributed by atoms with Crippen LogP contribution >= 0.6 is 0 Å². The van der Waals surface area contributed by atoms with Gasteiger partial charge in [-0.2, -0.15) is 0 Å². The average molecular weight is 254 g/mol. The molecule has 0 radical (unpaired) electrons. The molecule has 0 unspecified atom stereocenters. The molecule has 1 aliphatic carbocycles. The summed E-state index contributed by atoms with van der Waals surface area (Å²) in [4.78, 5) is 22.8. The summed E-state index contributed by atoms with van der Waals surface area (Å²) < 4.78 is 4.54. The molecular formula is C14H22O4. The van der Waals surface area contributed by atoms with Crippen LogP contribution in [0, 0.1) is 22.2 Å². The monoisotopic (exact) mass is 254 g/mol. The van der Waals surface area contributed by atoms with Crippen molar-refractivity contribution < 1.29 is 19.4 Å². The maximum absolute atomic E-state index is 11.7. The van der Waals surface area contributed by atoms with Crippen molar-refractivity contribution in [1.29, 1.82) is 0 Å². The smallest absolute Gasteiger partial charge is 0.330 e. The van der Waals surface area contributed by atoms with Gasteiger partial charge < -0.3 is 9.84 Å². The van der Waals surface area contributed by atoms with Gasteiger partial charge in [0.2, 0.25) is 0 Å². The number of carboxylic acids is 1. The highest BCUT2D eigenvalue weighted by atomic mass is 16.5. The second-order valence-corrected chi connectivity index (χ2v) is 6.44. The fourth-order valence-corrected chi connectivity index (χ4v) is 3.59. The van der Waals surface area contributed by atoms with Crippen molar-refractivity contribution in [2.75, 3.05) is 7.11 Å². The van der Waals surface area contributed by atoms with Crippen LogP contribution in [0.25, 0.3) is 0 Å². The van der Waals surface area contributed by atoms with Gasteiger partial charge in [0.1, 0.15) is 0 Å². The van der Waals surface area contributed by atoms with Crippen molar-refractivity contribution >= 4 is 11.9 Å². The first-order chi connectivity index (χ1) is 8.03. The molecule has 0 saturated heterocycles. The summed E-state index contributed by atoms with van der Waals surface area (Å²) in [6, 6.07) is 0. The number of carboxylic acid groups (broad SMARTS) is 1. The van der Waals surface area contributed by atoms with Gasteiger partial charge in [-0.3, -0.25) is 4.79 Å². The van der Waals surface area contributed by atoms with Gasteiger partial charge in [0.05, 0.1) is 12.5 Å². The van der Waals surface area contributed by atoms with Crippen molar-refractivity contribution in [2.45, 2.75) is 34.6 Å². The Morgan fingerprint density at radius 3 is 2.06 bits per heavy atom. The molecule has 0 aromatic heterocycles. The second-order valence-electron chi connectivity index (χ2n) is 6.44. The number of hydrogen-bond acceptors (Lipinski definition) is 3. The van der Waals surface area contributed by atoms with Crippen molar-refractivity contribution in [3.05, 3.63) is 12.2 Å². The van der Waals surface area contributed by atoms with Crippen molar-refractivity contribution in [3.63, 3.8) is 0 Å². The minimum absolute atomic E-state index is 0.165. The number of ether oxygens (including phenoxy) is 1. The maximum Gasteiger partial charge on any atom is 0.330 e. The molecule has 1 saturated carbocycles. The molecule has 0 aromatic rings. The lowest BCUT2D eigenvalue weighted by molar-refractivity contribution is -0.150. The molecule has 1 aliphatic rings. The molecule has 1 fully saturated rings. The molecule has 0 amide bonds. The number of carbonyl (C=O) groups is 2. The van der Waals surface area contributed by atoms with E-state index in [4.69, 9.17) is 0 Å². The van der Waals surface area contributed by atoms with E-state index in [2.05, 4.69) is 4.74 Å². The third-order valence-corrected chi connectivity index (χ3v) is 4.32. The van der Waals surface area contributed by atoms with Crippen LogP contribution in [0.2, 0.25) is 0 Å². The standard InChI is InChI=1S/C14H22O4/c1-12(2,3)14(11(16)17)9(13(14,4)5)7-8-10(15)18-6/h7-9H,1-6H3,(H,16,17)/b8-7-/t9-,14+/m0/s1. The average Bonchev–Trinajstić information content (AvgIpc) is 2.71. The lowest BCUT2D eigenvalue weighted by Gasteiger charge is -2.30. The highest BCUT2D eigenvalue weighted by molar-refractivity contribution is 5.85. The Kier molecular flexibility index (Phi) is 3.36. The number of esters is 1. The van der Waals surface area contributed by atoms with Gasteiger partial charge in [0.15, 0.2) is 0 Å². The Hall–Kier alpha value is -1.32. The number of allylic oxidation sites excluding steroid dienone is 1. The molecule has 2 atom stereocenters. The lowest BCUT2D eigenvalue weighted by atomic mass is 9.72. The molecule has 18 heavy (non-hydrogen) atoms. The second kappa shape index (κ2) is 4.11. The number of aliphatic carboxylic acids is 1. The Balaban J connectivity index is 3.13. The van der Waals surface area contributed by atoms with Crippen LogP contribution < -0.4 is 0 Å². The minimum Gasteiger partial charge on any atom is -0.481 e. The highest BCUT2D eigenvalue weighted by Gasteiger charge is 2.79. The van der Waals surface area contributed by atoms with E-state index >= 15 is 0 Å². The van der Waals surface area contributed by atoms with E-state index in [1.807, 2.05) is 34.6 Å². The molecule has 0 heterocycles. The third kappa shape index (κ3) is 1.74. The number of carbonyl (C=O) groups excluding carboxylic acids is 1. The van der Waals surface area contributed by atoms with Crippen molar-refractivity contribution in [3.8, 4) is 0 Å². The van der Waals surface area contributed by atoms with Crippen LogP contribution in [-0.2, 0) is 14.3 Å². The van der Waals surface area contributed by atoms with E-state index in [-0.39, 0.29) is 16.7 Å². The summed E-state index contributed by atoms with van der Waals surface area (Å²) in [6.45, 7) is 9.63.